The number of benzene rings is 2. The average Bonchev–Trinajstić information content (AvgIpc) is 3.52. The molecule has 7 nitrogen and oxygen atoms in total. The van der Waals surface area contributed by atoms with E-state index in [-0.39, 0.29) is 0 Å². The predicted octanol–water partition coefficient (Wildman–Crippen LogP) is 6.79. The molecule has 0 unspecified atom stereocenters. The van der Waals surface area contributed by atoms with Gasteiger partial charge in [0.05, 0.1) is 45.8 Å². The molecule has 0 aliphatic heterocycles. The van der Waals surface area contributed by atoms with Crippen LogP contribution >= 0.6 is 0 Å². The van der Waals surface area contributed by atoms with Gasteiger partial charge in [0.1, 0.15) is 22.8 Å². The first kappa shape index (κ1) is 20.2. The third-order valence-electron chi connectivity index (χ3n) is 6.93. The molecule has 8 aromatic rings. The van der Waals surface area contributed by atoms with Gasteiger partial charge in [0.25, 0.3) is 0 Å². The number of hydrogen-bond acceptors (Lipinski definition) is 5. The molecule has 0 bridgehead atoms. The van der Waals surface area contributed by atoms with Gasteiger partial charge in [0.2, 0.25) is 0 Å². The van der Waals surface area contributed by atoms with Crippen molar-refractivity contribution in [2.45, 2.75) is 13.8 Å². The van der Waals surface area contributed by atoms with Crippen molar-refractivity contribution in [2.75, 3.05) is 0 Å². The molecule has 0 aliphatic rings. The summed E-state index contributed by atoms with van der Waals surface area (Å²) in [5.41, 5.74) is 7.59. The highest BCUT2D eigenvalue weighted by Gasteiger charge is 2.15. The predicted molar refractivity (Wildman–Crippen MR) is 146 cm³/mol. The SMILES string of the molecule is Cc1cn2c3ccccc3c3ncc(Oc4cnc5c6ccccc6n6cc(C)nc6c5c4)cc3c2n1. The van der Waals surface area contributed by atoms with E-state index in [1.165, 1.54) is 0 Å². The average molecular weight is 481 g/mol. The van der Waals surface area contributed by atoms with Gasteiger partial charge in [-0.25, -0.2) is 9.97 Å². The van der Waals surface area contributed by atoms with Crippen LogP contribution in [-0.2, 0) is 0 Å². The minimum Gasteiger partial charge on any atom is -0.454 e. The highest BCUT2D eigenvalue weighted by Crippen LogP contribution is 2.34. The Bertz CT molecular complexity index is 2050. The number of hydrogen-bond donors (Lipinski definition) is 0. The van der Waals surface area contributed by atoms with Crippen LogP contribution in [0.3, 0.4) is 0 Å². The van der Waals surface area contributed by atoms with E-state index in [0.717, 1.165) is 66.3 Å². The van der Waals surface area contributed by atoms with Crippen LogP contribution in [0.25, 0.3) is 54.9 Å². The lowest BCUT2D eigenvalue weighted by Gasteiger charge is -2.11. The molecule has 0 amide bonds. The lowest BCUT2D eigenvalue weighted by molar-refractivity contribution is 0.480. The maximum Gasteiger partial charge on any atom is 0.147 e. The van der Waals surface area contributed by atoms with E-state index in [9.17, 15) is 0 Å². The Kier molecular flexibility index (Phi) is 3.95. The molecule has 2 aromatic carbocycles. The molecule has 0 saturated carbocycles. The van der Waals surface area contributed by atoms with E-state index in [1.54, 1.807) is 12.4 Å². The molecule has 0 N–H and O–H groups in total. The van der Waals surface area contributed by atoms with E-state index in [1.807, 2.05) is 50.2 Å². The van der Waals surface area contributed by atoms with Crippen LogP contribution < -0.4 is 4.74 Å². The van der Waals surface area contributed by atoms with Crippen molar-refractivity contribution >= 4 is 54.9 Å². The fourth-order valence-electron chi connectivity index (χ4n) is 5.42. The lowest BCUT2D eigenvalue weighted by Crippen LogP contribution is -1.95. The molecule has 6 aromatic heterocycles. The maximum absolute atomic E-state index is 6.33. The standard InChI is InChI=1S/C30H20N6O/c1-17-15-35-25-9-5-3-7-21(25)27-23(29(35)33-17)11-19(13-31-27)37-20-12-24-28(32-14-20)22-8-4-6-10-26(22)36-16-18(2)34-30(24)36/h3-16H,1-2H3. The van der Waals surface area contributed by atoms with Gasteiger partial charge in [-0.1, -0.05) is 36.4 Å². The number of aromatic nitrogens is 6. The summed E-state index contributed by atoms with van der Waals surface area (Å²) in [5, 5.41) is 4.03. The quantitative estimate of drug-likeness (QED) is 0.255. The van der Waals surface area contributed by atoms with Crippen LogP contribution in [0.15, 0.2) is 85.5 Å². The molecule has 37 heavy (non-hydrogen) atoms. The van der Waals surface area contributed by atoms with E-state index in [4.69, 9.17) is 24.7 Å². The fourth-order valence-corrected chi connectivity index (χ4v) is 5.42. The van der Waals surface area contributed by atoms with Gasteiger partial charge in [-0.3, -0.25) is 18.8 Å². The third-order valence-corrected chi connectivity index (χ3v) is 6.93. The molecule has 0 aliphatic carbocycles. The largest absolute Gasteiger partial charge is 0.454 e. The molecular formula is C30H20N6O. The van der Waals surface area contributed by atoms with Gasteiger partial charge in [-0.05, 0) is 38.1 Å². The molecule has 8 rings (SSSR count). The van der Waals surface area contributed by atoms with E-state index in [0.29, 0.717) is 11.5 Å². The minimum absolute atomic E-state index is 0.628. The van der Waals surface area contributed by atoms with Crippen LogP contribution in [-0.4, -0.2) is 28.7 Å². The molecule has 0 saturated heterocycles. The first-order valence-corrected chi connectivity index (χ1v) is 12.1. The van der Waals surface area contributed by atoms with E-state index in [2.05, 4.69) is 45.5 Å². The molecule has 176 valence electrons. The summed E-state index contributed by atoms with van der Waals surface area (Å²) in [4.78, 5) is 19.2. The van der Waals surface area contributed by atoms with Crippen LogP contribution in [0, 0.1) is 13.8 Å². The first-order chi connectivity index (χ1) is 18.1. The monoisotopic (exact) mass is 480 g/mol. The van der Waals surface area contributed by atoms with Crippen molar-refractivity contribution in [2.24, 2.45) is 0 Å². The van der Waals surface area contributed by atoms with Crippen molar-refractivity contribution in [3.05, 3.63) is 96.8 Å². The summed E-state index contributed by atoms with van der Waals surface area (Å²) in [5.74, 6) is 1.26. The van der Waals surface area contributed by atoms with Crippen LogP contribution in [0.1, 0.15) is 11.4 Å². The van der Waals surface area contributed by atoms with Crippen LogP contribution in [0.2, 0.25) is 0 Å². The number of nitrogens with zero attached hydrogens (tertiary/aromatic N) is 6. The molecule has 0 spiro atoms. The Morgan fingerprint density at radius 1 is 0.595 bits per heavy atom. The van der Waals surface area contributed by atoms with Crippen molar-refractivity contribution in [1.82, 2.24) is 28.7 Å². The Labute approximate surface area is 210 Å². The molecule has 0 fully saturated rings. The summed E-state index contributed by atoms with van der Waals surface area (Å²) in [7, 11) is 0. The summed E-state index contributed by atoms with van der Waals surface area (Å²) in [6, 6.07) is 20.5. The van der Waals surface area contributed by atoms with Crippen LogP contribution in [0.4, 0.5) is 0 Å². The van der Waals surface area contributed by atoms with Gasteiger partial charge in [-0.15, -0.1) is 0 Å². The Balaban J connectivity index is 1.32. The Morgan fingerprint density at radius 3 is 1.54 bits per heavy atom. The third kappa shape index (κ3) is 2.88. The first-order valence-electron chi connectivity index (χ1n) is 12.1. The van der Waals surface area contributed by atoms with Gasteiger partial charge < -0.3 is 4.74 Å². The molecule has 7 heteroatoms. The topological polar surface area (TPSA) is 69.6 Å². The minimum atomic E-state index is 0.628. The van der Waals surface area contributed by atoms with Gasteiger partial charge in [0, 0.05) is 33.9 Å². The number of para-hydroxylation sites is 2. The zero-order chi connectivity index (χ0) is 24.7. The summed E-state index contributed by atoms with van der Waals surface area (Å²) in [6.45, 7) is 4.01. The van der Waals surface area contributed by atoms with Crippen molar-refractivity contribution in [1.29, 1.82) is 0 Å². The van der Waals surface area contributed by atoms with Crippen molar-refractivity contribution in [3.63, 3.8) is 0 Å². The zero-order valence-corrected chi connectivity index (χ0v) is 20.2. The van der Waals surface area contributed by atoms with Gasteiger partial charge in [0.15, 0.2) is 0 Å². The van der Waals surface area contributed by atoms with Crippen LogP contribution in [0.5, 0.6) is 11.5 Å². The van der Waals surface area contributed by atoms with Gasteiger partial charge >= 0.3 is 0 Å². The van der Waals surface area contributed by atoms with E-state index >= 15 is 0 Å². The molecule has 0 radical (unpaired) electrons. The maximum atomic E-state index is 6.33. The number of ether oxygens (including phenoxy) is 1. The number of imidazole rings is 2. The number of aryl methyl sites for hydroxylation is 2. The highest BCUT2D eigenvalue weighted by molar-refractivity contribution is 6.11. The normalized spacial score (nSPS) is 12.1. The van der Waals surface area contributed by atoms with E-state index < -0.39 is 0 Å². The number of pyridine rings is 4. The zero-order valence-electron chi connectivity index (χ0n) is 20.2. The second-order valence-electron chi connectivity index (χ2n) is 9.42. The number of rotatable bonds is 2. The Morgan fingerprint density at radius 2 is 1.05 bits per heavy atom. The fraction of sp³-hybridized carbons (Fsp3) is 0.0667. The summed E-state index contributed by atoms with van der Waals surface area (Å²) in [6.07, 6.45) is 7.64. The summed E-state index contributed by atoms with van der Waals surface area (Å²) < 4.78 is 10.6. The highest BCUT2D eigenvalue weighted by atomic mass is 16.5. The summed E-state index contributed by atoms with van der Waals surface area (Å²) >= 11 is 0. The molecule has 0 atom stereocenters. The smallest absolute Gasteiger partial charge is 0.147 e. The van der Waals surface area contributed by atoms with Crippen molar-refractivity contribution in [3.8, 4) is 11.5 Å². The second-order valence-corrected chi connectivity index (χ2v) is 9.42. The molecular weight excluding hydrogens is 460 g/mol. The second kappa shape index (κ2) is 7.24. The lowest BCUT2D eigenvalue weighted by atomic mass is 10.1. The molecule has 6 heterocycles. The van der Waals surface area contributed by atoms with Crippen molar-refractivity contribution < 1.29 is 4.74 Å². The van der Waals surface area contributed by atoms with Gasteiger partial charge in [-0.2, -0.15) is 0 Å². The number of fused-ring (bicyclic) bond motifs is 12. The Hall–Kier alpha value is -5.04.